The molecule has 0 aromatic heterocycles. The van der Waals surface area contributed by atoms with E-state index in [0.717, 1.165) is 12.8 Å². The van der Waals surface area contributed by atoms with E-state index in [-0.39, 0.29) is 11.9 Å². The molecule has 3 nitrogen and oxygen atoms in total. The minimum atomic E-state index is 0.0691. The lowest BCUT2D eigenvalue weighted by Crippen LogP contribution is -2.16. The van der Waals surface area contributed by atoms with Gasteiger partial charge >= 0.3 is 0 Å². The fourth-order valence-electron chi connectivity index (χ4n) is 2.53. The number of benzene rings is 1. The van der Waals surface area contributed by atoms with Crippen LogP contribution in [-0.4, -0.2) is 18.4 Å². The molecule has 3 heteroatoms. The predicted octanol–water partition coefficient (Wildman–Crippen LogP) is 4.06. The van der Waals surface area contributed by atoms with Gasteiger partial charge in [0, 0.05) is 6.42 Å². The molecule has 0 saturated carbocycles. The largest absolute Gasteiger partial charge is 0.490 e. The number of ketones is 1. The first-order valence-corrected chi connectivity index (χ1v) is 7.94. The Bertz CT molecular complexity index is 441. The maximum Gasteiger partial charge on any atom is 0.166 e. The van der Waals surface area contributed by atoms with E-state index in [1.54, 1.807) is 0 Å². The van der Waals surface area contributed by atoms with E-state index in [1.165, 1.54) is 0 Å². The second-order valence-electron chi connectivity index (χ2n) is 6.21. The van der Waals surface area contributed by atoms with E-state index in [1.807, 2.05) is 38.1 Å². The normalized spacial score (nSPS) is 12.7. The maximum atomic E-state index is 12.5. The third-order valence-corrected chi connectivity index (χ3v) is 3.77. The molecule has 118 valence electrons. The SMILES string of the molecule is CC(C)Oc1ccccc1C(=O)CCC(CCN)C(C)C. The summed E-state index contributed by atoms with van der Waals surface area (Å²) in [6.07, 6.45) is 2.50. The van der Waals surface area contributed by atoms with Crippen molar-refractivity contribution < 1.29 is 9.53 Å². The number of carbonyl (C=O) groups excluding carboxylic acids is 1. The quantitative estimate of drug-likeness (QED) is 0.698. The first kappa shape index (κ1) is 17.7. The molecule has 2 N–H and O–H groups in total. The minimum Gasteiger partial charge on any atom is -0.490 e. The van der Waals surface area contributed by atoms with Crippen molar-refractivity contribution in [3.8, 4) is 5.75 Å². The number of nitrogens with two attached hydrogens (primary N) is 1. The van der Waals surface area contributed by atoms with Crippen LogP contribution >= 0.6 is 0 Å². The molecular formula is C18H29NO2. The number of hydrogen-bond acceptors (Lipinski definition) is 3. The molecule has 1 aromatic carbocycles. The van der Waals surface area contributed by atoms with Gasteiger partial charge in [0.1, 0.15) is 5.75 Å². The highest BCUT2D eigenvalue weighted by atomic mass is 16.5. The van der Waals surface area contributed by atoms with Gasteiger partial charge in [-0.05, 0) is 57.2 Å². The number of rotatable bonds is 9. The zero-order valence-corrected chi connectivity index (χ0v) is 13.8. The lowest BCUT2D eigenvalue weighted by molar-refractivity contribution is 0.0963. The molecule has 0 bridgehead atoms. The van der Waals surface area contributed by atoms with Gasteiger partial charge in [0.25, 0.3) is 0 Å². The van der Waals surface area contributed by atoms with Gasteiger partial charge in [0.15, 0.2) is 5.78 Å². The van der Waals surface area contributed by atoms with Crippen molar-refractivity contribution in [2.75, 3.05) is 6.54 Å². The molecule has 0 aliphatic heterocycles. The van der Waals surface area contributed by atoms with Gasteiger partial charge in [0.2, 0.25) is 0 Å². The summed E-state index contributed by atoms with van der Waals surface area (Å²) in [7, 11) is 0. The van der Waals surface area contributed by atoms with Crippen molar-refractivity contribution in [3.63, 3.8) is 0 Å². The molecule has 0 aliphatic rings. The van der Waals surface area contributed by atoms with Crippen LogP contribution in [-0.2, 0) is 0 Å². The summed E-state index contributed by atoms with van der Waals surface area (Å²) < 4.78 is 5.73. The number of ether oxygens (including phenoxy) is 1. The highest BCUT2D eigenvalue weighted by Gasteiger charge is 2.17. The molecule has 1 rings (SSSR count). The fourth-order valence-corrected chi connectivity index (χ4v) is 2.53. The molecule has 1 atom stereocenters. The Labute approximate surface area is 128 Å². The van der Waals surface area contributed by atoms with Gasteiger partial charge in [-0.1, -0.05) is 26.0 Å². The number of Topliss-reactive ketones (excluding diaryl/α,β-unsaturated/α-hetero) is 1. The average molecular weight is 291 g/mol. The number of carbonyl (C=O) groups is 1. The van der Waals surface area contributed by atoms with E-state index in [0.29, 0.717) is 36.1 Å². The summed E-state index contributed by atoms with van der Waals surface area (Å²) in [6.45, 7) is 9.01. The van der Waals surface area contributed by atoms with Gasteiger partial charge in [-0.2, -0.15) is 0 Å². The third kappa shape index (κ3) is 5.88. The fraction of sp³-hybridized carbons (Fsp3) is 0.611. The monoisotopic (exact) mass is 291 g/mol. The maximum absolute atomic E-state index is 12.5. The van der Waals surface area contributed by atoms with Crippen LogP contribution in [0.1, 0.15) is 57.3 Å². The Morgan fingerprint density at radius 1 is 1.14 bits per heavy atom. The summed E-state index contributed by atoms with van der Waals surface area (Å²) in [4.78, 5) is 12.5. The van der Waals surface area contributed by atoms with Gasteiger partial charge in [-0.3, -0.25) is 4.79 Å². The van der Waals surface area contributed by atoms with Crippen LogP contribution in [0.5, 0.6) is 5.75 Å². The topological polar surface area (TPSA) is 52.3 Å². The molecule has 0 radical (unpaired) electrons. The van der Waals surface area contributed by atoms with Crippen molar-refractivity contribution in [2.24, 2.45) is 17.6 Å². The van der Waals surface area contributed by atoms with Gasteiger partial charge in [-0.25, -0.2) is 0 Å². The highest BCUT2D eigenvalue weighted by molar-refractivity contribution is 5.98. The minimum absolute atomic E-state index is 0.0691. The highest BCUT2D eigenvalue weighted by Crippen LogP contribution is 2.25. The average Bonchev–Trinajstić information content (AvgIpc) is 2.42. The van der Waals surface area contributed by atoms with Gasteiger partial charge < -0.3 is 10.5 Å². The summed E-state index contributed by atoms with van der Waals surface area (Å²) in [5.74, 6) is 1.92. The van der Waals surface area contributed by atoms with Crippen molar-refractivity contribution >= 4 is 5.78 Å². The van der Waals surface area contributed by atoms with Gasteiger partial charge in [0.05, 0.1) is 11.7 Å². The van der Waals surface area contributed by atoms with Crippen LogP contribution in [0, 0.1) is 11.8 Å². The van der Waals surface area contributed by atoms with E-state index in [9.17, 15) is 4.79 Å². The first-order valence-electron chi connectivity index (χ1n) is 7.94. The molecule has 1 aromatic rings. The van der Waals surface area contributed by atoms with E-state index in [2.05, 4.69) is 13.8 Å². The predicted molar refractivity (Wildman–Crippen MR) is 87.8 cm³/mol. The van der Waals surface area contributed by atoms with Crippen LogP contribution < -0.4 is 10.5 Å². The van der Waals surface area contributed by atoms with E-state index < -0.39 is 0 Å². The Hall–Kier alpha value is -1.35. The Kier molecular flexibility index (Phi) is 7.44. The molecule has 0 spiro atoms. The van der Waals surface area contributed by atoms with Crippen LogP contribution in [0.3, 0.4) is 0 Å². The summed E-state index contributed by atoms with van der Waals surface area (Å²) in [6, 6.07) is 7.51. The van der Waals surface area contributed by atoms with E-state index >= 15 is 0 Å². The Morgan fingerprint density at radius 3 is 2.38 bits per heavy atom. The molecular weight excluding hydrogens is 262 g/mol. The smallest absolute Gasteiger partial charge is 0.166 e. The molecule has 0 heterocycles. The second-order valence-corrected chi connectivity index (χ2v) is 6.21. The zero-order valence-electron chi connectivity index (χ0n) is 13.8. The lowest BCUT2D eigenvalue weighted by atomic mass is 9.87. The molecule has 1 unspecified atom stereocenters. The summed E-state index contributed by atoms with van der Waals surface area (Å²) in [5.41, 5.74) is 6.35. The second kappa shape index (κ2) is 8.83. The van der Waals surface area contributed by atoms with Crippen LogP contribution in [0.4, 0.5) is 0 Å². The summed E-state index contributed by atoms with van der Waals surface area (Å²) >= 11 is 0. The van der Waals surface area contributed by atoms with Crippen molar-refractivity contribution in [3.05, 3.63) is 29.8 Å². The molecule has 0 amide bonds. The molecule has 0 saturated heterocycles. The van der Waals surface area contributed by atoms with Crippen molar-refractivity contribution in [2.45, 2.75) is 53.1 Å². The van der Waals surface area contributed by atoms with Crippen LogP contribution in [0.2, 0.25) is 0 Å². The Morgan fingerprint density at radius 2 is 1.81 bits per heavy atom. The standard InChI is InChI=1S/C18H29NO2/c1-13(2)15(11-12-19)9-10-17(20)16-7-5-6-8-18(16)21-14(3)4/h5-8,13-15H,9-12,19H2,1-4H3. The van der Waals surface area contributed by atoms with Crippen molar-refractivity contribution in [1.29, 1.82) is 0 Å². The van der Waals surface area contributed by atoms with Crippen LogP contribution in [0.15, 0.2) is 24.3 Å². The Balaban J connectivity index is 2.71. The third-order valence-electron chi connectivity index (χ3n) is 3.77. The van der Waals surface area contributed by atoms with Crippen LogP contribution in [0.25, 0.3) is 0 Å². The number of hydrogen-bond donors (Lipinski definition) is 1. The summed E-state index contributed by atoms with van der Waals surface area (Å²) in [5, 5.41) is 0. The van der Waals surface area contributed by atoms with E-state index in [4.69, 9.17) is 10.5 Å². The molecule has 21 heavy (non-hydrogen) atoms. The number of para-hydroxylation sites is 1. The molecule has 0 fully saturated rings. The van der Waals surface area contributed by atoms with Gasteiger partial charge in [-0.15, -0.1) is 0 Å². The lowest BCUT2D eigenvalue weighted by Gasteiger charge is -2.20. The van der Waals surface area contributed by atoms with Crippen molar-refractivity contribution in [1.82, 2.24) is 0 Å². The molecule has 0 aliphatic carbocycles. The first-order chi connectivity index (χ1) is 9.95. The zero-order chi connectivity index (χ0) is 15.8.